The Bertz CT molecular complexity index is 513. The molecule has 0 spiro atoms. The van der Waals surface area contributed by atoms with Crippen LogP contribution in [0, 0.1) is 9.39 Å². The fourth-order valence-corrected chi connectivity index (χ4v) is 3.63. The quantitative estimate of drug-likeness (QED) is 0.702. The molecule has 1 unspecified atom stereocenters. The van der Waals surface area contributed by atoms with Gasteiger partial charge in [-0.05, 0) is 64.7 Å². The lowest BCUT2D eigenvalue weighted by molar-refractivity contribution is 0.528. The molecule has 19 heavy (non-hydrogen) atoms. The zero-order chi connectivity index (χ0) is 13.7. The standard InChI is InChI=1S/C15H17FINS/c1-2-7-18-15(10-12-4-3-8-19-12)13-6-5-11(16)9-14(13)17/h3-6,8-9,15,18H,2,7,10H2,1H3. The van der Waals surface area contributed by atoms with Gasteiger partial charge in [-0.1, -0.05) is 19.1 Å². The van der Waals surface area contributed by atoms with Gasteiger partial charge < -0.3 is 5.32 Å². The van der Waals surface area contributed by atoms with Gasteiger partial charge in [-0.2, -0.15) is 0 Å². The van der Waals surface area contributed by atoms with Crippen LogP contribution in [0.2, 0.25) is 0 Å². The molecule has 0 fully saturated rings. The lowest BCUT2D eigenvalue weighted by atomic mass is 10.0. The number of halogens is 2. The Morgan fingerprint density at radius 2 is 2.21 bits per heavy atom. The maximum absolute atomic E-state index is 13.2. The van der Waals surface area contributed by atoms with Gasteiger partial charge in [0.05, 0.1) is 0 Å². The van der Waals surface area contributed by atoms with Crippen LogP contribution < -0.4 is 5.32 Å². The van der Waals surface area contributed by atoms with Crippen molar-refractivity contribution < 1.29 is 4.39 Å². The molecule has 0 aliphatic rings. The summed E-state index contributed by atoms with van der Waals surface area (Å²) in [7, 11) is 0. The van der Waals surface area contributed by atoms with Crippen molar-refractivity contribution in [1.29, 1.82) is 0 Å². The van der Waals surface area contributed by atoms with E-state index in [0.717, 1.165) is 23.0 Å². The first-order valence-electron chi connectivity index (χ1n) is 6.41. The molecule has 1 N–H and O–H groups in total. The van der Waals surface area contributed by atoms with Crippen molar-refractivity contribution in [1.82, 2.24) is 5.32 Å². The van der Waals surface area contributed by atoms with Crippen LogP contribution in [0.1, 0.15) is 29.8 Å². The summed E-state index contributed by atoms with van der Waals surface area (Å²) in [5.74, 6) is -0.168. The van der Waals surface area contributed by atoms with Crippen LogP contribution >= 0.6 is 33.9 Å². The molecule has 0 radical (unpaired) electrons. The molecule has 1 heterocycles. The van der Waals surface area contributed by atoms with Gasteiger partial charge in [-0.25, -0.2) is 4.39 Å². The lowest BCUT2D eigenvalue weighted by Gasteiger charge is -2.20. The number of benzene rings is 1. The summed E-state index contributed by atoms with van der Waals surface area (Å²) in [6, 6.07) is 9.54. The first-order chi connectivity index (χ1) is 9.20. The van der Waals surface area contributed by atoms with Gasteiger partial charge in [-0.15, -0.1) is 11.3 Å². The van der Waals surface area contributed by atoms with Crippen LogP contribution in [-0.4, -0.2) is 6.54 Å². The summed E-state index contributed by atoms with van der Waals surface area (Å²) in [6.45, 7) is 3.13. The van der Waals surface area contributed by atoms with E-state index in [-0.39, 0.29) is 11.9 Å². The number of nitrogens with one attached hydrogen (secondary N) is 1. The molecule has 0 aliphatic carbocycles. The summed E-state index contributed by atoms with van der Waals surface area (Å²) in [5.41, 5.74) is 1.18. The second-order valence-electron chi connectivity index (χ2n) is 4.46. The first-order valence-corrected chi connectivity index (χ1v) is 8.37. The first kappa shape index (κ1) is 14.9. The minimum absolute atomic E-state index is 0.168. The summed E-state index contributed by atoms with van der Waals surface area (Å²) in [6.07, 6.45) is 2.05. The highest BCUT2D eigenvalue weighted by atomic mass is 127. The Kier molecular flexibility index (Phi) is 5.78. The van der Waals surface area contributed by atoms with E-state index in [4.69, 9.17) is 0 Å². The van der Waals surface area contributed by atoms with E-state index in [1.807, 2.05) is 6.07 Å². The van der Waals surface area contributed by atoms with Crippen LogP contribution in [0.25, 0.3) is 0 Å². The van der Waals surface area contributed by atoms with Gasteiger partial charge in [0.2, 0.25) is 0 Å². The molecule has 0 saturated carbocycles. The third kappa shape index (κ3) is 4.26. The number of rotatable bonds is 6. The molecule has 0 amide bonds. The fraction of sp³-hybridized carbons (Fsp3) is 0.333. The summed E-state index contributed by atoms with van der Waals surface area (Å²) in [5, 5.41) is 5.66. The van der Waals surface area contributed by atoms with Gasteiger partial charge in [0.25, 0.3) is 0 Å². The van der Waals surface area contributed by atoms with Crippen LogP contribution in [0.3, 0.4) is 0 Å². The van der Waals surface area contributed by atoms with Crippen molar-refractivity contribution in [3.05, 3.63) is 55.5 Å². The van der Waals surface area contributed by atoms with E-state index in [1.54, 1.807) is 23.5 Å². The Labute approximate surface area is 131 Å². The van der Waals surface area contributed by atoms with Gasteiger partial charge in [-0.3, -0.25) is 0 Å². The minimum Gasteiger partial charge on any atom is -0.310 e. The molecule has 4 heteroatoms. The molecule has 1 aromatic carbocycles. The number of hydrogen-bond acceptors (Lipinski definition) is 2. The average Bonchev–Trinajstić information content (AvgIpc) is 2.88. The zero-order valence-electron chi connectivity index (χ0n) is 10.8. The second-order valence-corrected chi connectivity index (χ2v) is 6.65. The second kappa shape index (κ2) is 7.36. The molecule has 1 aromatic heterocycles. The van der Waals surface area contributed by atoms with Crippen molar-refractivity contribution in [3.8, 4) is 0 Å². The average molecular weight is 389 g/mol. The number of hydrogen-bond donors (Lipinski definition) is 1. The van der Waals surface area contributed by atoms with Crippen molar-refractivity contribution in [2.24, 2.45) is 0 Å². The van der Waals surface area contributed by atoms with E-state index >= 15 is 0 Å². The van der Waals surface area contributed by atoms with Gasteiger partial charge in [0, 0.05) is 20.9 Å². The highest BCUT2D eigenvalue weighted by molar-refractivity contribution is 14.1. The monoisotopic (exact) mass is 389 g/mol. The zero-order valence-corrected chi connectivity index (χ0v) is 13.8. The van der Waals surface area contributed by atoms with E-state index < -0.39 is 0 Å². The molecule has 102 valence electrons. The molecule has 2 aromatic rings. The number of thiophene rings is 1. The third-order valence-corrected chi connectivity index (χ3v) is 4.80. The molecular formula is C15H17FINS. The fourth-order valence-electron chi connectivity index (χ4n) is 2.02. The van der Waals surface area contributed by atoms with Crippen LogP contribution in [-0.2, 0) is 6.42 Å². The Morgan fingerprint density at radius 3 is 2.84 bits per heavy atom. The smallest absolute Gasteiger partial charge is 0.124 e. The third-order valence-electron chi connectivity index (χ3n) is 2.96. The van der Waals surface area contributed by atoms with E-state index in [9.17, 15) is 4.39 Å². The van der Waals surface area contributed by atoms with E-state index in [0.29, 0.717) is 0 Å². The summed E-state index contributed by atoms with van der Waals surface area (Å²) in [4.78, 5) is 1.36. The maximum Gasteiger partial charge on any atom is 0.124 e. The van der Waals surface area contributed by atoms with Crippen molar-refractivity contribution in [3.63, 3.8) is 0 Å². The van der Waals surface area contributed by atoms with Crippen LogP contribution in [0.5, 0.6) is 0 Å². The van der Waals surface area contributed by atoms with Gasteiger partial charge in [0.15, 0.2) is 0 Å². The minimum atomic E-state index is -0.168. The molecular weight excluding hydrogens is 372 g/mol. The van der Waals surface area contributed by atoms with Crippen molar-refractivity contribution >= 4 is 33.9 Å². The van der Waals surface area contributed by atoms with Crippen molar-refractivity contribution in [2.75, 3.05) is 6.54 Å². The maximum atomic E-state index is 13.2. The molecule has 0 saturated heterocycles. The SMILES string of the molecule is CCCNC(Cc1cccs1)c1ccc(F)cc1I. The van der Waals surface area contributed by atoms with Gasteiger partial charge >= 0.3 is 0 Å². The van der Waals surface area contributed by atoms with Crippen LogP contribution in [0.4, 0.5) is 4.39 Å². The topological polar surface area (TPSA) is 12.0 Å². The highest BCUT2D eigenvalue weighted by Crippen LogP contribution is 2.26. The largest absolute Gasteiger partial charge is 0.310 e. The summed E-state index contributed by atoms with van der Waals surface area (Å²) >= 11 is 3.99. The predicted octanol–water partition coefficient (Wildman–Crippen LogP) is 4.78. The molecule has 2 rings (SSSR count). The predicted molar refractivity (Wildman–Crippen MR) is 88.2 cm³/mol. The Morgan fingerprint density at radius 1 is 1.37 bits per heavy atom. The highest BCUT2D eigenvalue weighted by Gasteiger charge is 2.15. The van der Waals surface area contributed by atoms with Crippen LogP contribution in [0.15, 0.2) is 35.7 Å². The molecule has 0 bridgehead atoms. The van der Waals surface area contributed by atoms with Gasteiger partial charge in [0.1, 0.15) is 5.82 Å². The summed E-state index contributed by atoms with van der Waals surface area (Å²) < 4.78 is 14.2. The molecule has 0 aliphatic heterocycles. The normalized spacial score (nSPS) is 12.6. The molecule has 1 atom stereocenters. The van der Waals surface area contributed by atoms with E-state index in [2.05, 4.69) is 52.3 Å². The Hall–Kier alpha value is -0.460. The van der Waals surface area contributed by atoms with E-state index in [1.165, 1.54) is 10.4 Å². The molecule has 1 nitrogen and oxygen atoms in total. The lowest BCUT2D eigenvalue weighted by Crippen LogP contribution is -2.24. The van der Waals surface area contributed by atoms with Crippen molar-refractivity contribution in [2.45, 2.75) is 25.8 Å². The Balaban J connectivity index is 2.20.